The minimum Gasteiger partial charge on any atom is -0.0730 e. The van der Waals surface area contributed by atoms with Crippen molar-refractivity contribution in [3.8, 4) is 11.8 Å². The summed E-state index contributed by atoms with van der Waals surface area (Å²) in [4.78, 5) is 0. The molecule has 0 heterocycles. The molecule has 0 aromatic heterocycles. The molecule has 0 atom stereocenters. The highest BCUT2D eigenvalue weighted by molar-refractivity contribution is 5.38. The fourth-order valence-electron chi connectivity index (χ4n) is 4.33. The monoisotopic (exact) mass is 384 g/mol. The molecule has 1 aliphatic rings. The highest BCUT2D eigenvalue weighted by atomic mass is 14.3. The van der Waals surface area contributed by atoms with Gasteiger partial charge >= 0.3 is 0 Å². The molecule has 3 rings (SSSR count). The molecule has 0 bridgehead atoms. The fraction of sp³-hybridized carbons (Fsp3) is 0.448. The van der Waals surface area contributed by atoms with Gasteiger partial charge in [0.15, 0.2) is 0 Å². The van der Waals surface area contributed by atoms with Crippen LogP contribution in [0.2, 0.25) is 0 Å². The van der Waals surface area contributed by atoms with Crippen molar-refractivity contribution >= 4 is 0 Å². The maximum absolute atomic E-state index is 3.28. The second kappa shape index (κ2) is 11.7. The lowest BCUT2D eigenvalue weighted by atomic mass is 9.78. The maximum Gasteiger partial charge on any atom is 0.0249 e. The quantitative estimate of drug-likeness (QED) is 0.426. The van der Waals surface area contributed by atoms with Crippen molar-refractivity contribution < 1.29 is 0 Å². The van der Waals surface area contributed by atoms with Gasteiger partial charge in [-0.25, -0.2) is 0 Å². The van der Waals surface area contributed by atoms with Gasteiger partial charge in [0.1, 0.15) is 0 Å². The largest absolute Gasteiger partial charge is 0.0730 e. The van der Waals surface area contributed by atoms with Gasteiger partial charge in [-0.05, 0) is 91.7 Å². The Balaban J connectivity index is 1.44. The van der Waals surface area contributed by atoms with Crippen LogP contribution in [0.4, 0.5) is 0 Å². The number of hydrogen-bond donors (Lipinski definition) is 0. The average molecular weight is 385 g/mol. The van der Waals surface area contributed by atoms with Gasteiger partial charge in [0.2, 0.25) is 0 Å². The molecule has 152 valence electrons. The van der Waals surface area contributed by atoms with Crippen LogP contribution in [-0.2, 0) is 12.8 Å². The van der Waals surface area contributed by atoms with Gasteiger partial charge in [-0.3, -0.25) is 0 Å². The molecule has 0 unspecified atom stereocenters. The molecule has 0 heteroatoms. The molecule has 0 nitrogen and oxygen atoms in total. The van der Waals surface area contributed by atoms with E-state index < -0.39 is 0 Å². The van der Waals surface area contributed by atoms with Crippen LogP contribution in [0.1, 0.15) is 87.0 Å². The first kappa shape index (κ1) is 21.4. The van der Waals surface area contributed by atoms with Crippen LogP contribution in [0, 0.1) is 17.8 Å². The van der Waals surface area contributed by atoms with Crippen LogP contribution in [0.15, 0.2) is 60.7 Å². The fourth-order valence-corrected chi connectivity index (χ4v) is 4.33. The molecule has 0 N–H and O–H groups in total. The molecule has 0 spiro atoms. The molecule has 0 aliphatic heterocycles. The Morgan fingerprint density at radius 1 is 0.793 bits per heavy atom. The standard InChI is InChI=1S/C29H36/c1-3-5-9-25-12-14-26(15-13-25)10-6-7-11-27-18-22-29(23-19-27)28-20-16-24(8-4-2)17-21-28/h7,11-17,20-21,27,29H,3-5,8-9,18-19,22-23H2,1-2H3. The van der Waals surface area contributed by atoms with Crippen LogP contribution < -0.4 is 0 Å². The summed E-state index contributed by atoms with van der Waals surface area (Å²) in [6, 6.07) is 18.1. The molecule has 2 aromatic rings. The van der Waals surface area contributed by atoms with E-state index >= 15 is 0 Å². The summed E-state index contributed by atoms with van der Waals surface area (Å²) in [5.74, 6) is 7.96. The summed E-state index contributed by atoms with van der Waals surface area (Å²) < 4.78 is 0. The third-order valence-corrected chi connectivity index (χ3v) is 6.20. The first-order chi connectivity index (χ1) is 14.3. The van der Waals surface area contributed by atoms with Gasteiger partial charge in [0, 0.05) is 5.56 Å². The van der Waals surface area contributed by atoms with Crippen molar-refractivity contribution in [1.29, 1.82) is 0 Å². The zero-order valence-corrected chi connectivity index (χ0v) is 18.3. The predicted octanol–water partition coefficient (Wildman–Crippen LogP) is 7.86. The number of aryl methyl sites for hydroxylation is 2. The van der Waals surface area contributed by atoms with E-state index in [4.69, 9.17) is 0 Å². The summed E-state index contributed by atoms with van der Waals surface area (Å²) >= 11 is 0. The predicted molar refractivity (Wildman–Crippen MR) is 126 cm³/mol. The van der Waals surface area contributed by atoms with E-state index in [1.165, 1.54) is 74.5 Å². The molecule has 1 saturated carbocycles. The lowest BCUT2D eigenvalue weighted by molar-refractivity contribution is 0.376. The average Bonchev–Trinajstić information content (AvgIpc) is 2.77. The third-order valence-electron chi connectivity index (χ3n) is 6.20. The van der Waals surface area contributed by atoms with E-state index in [0.29, 0.717) is 5.92 Å². The zero-order valence-electron chi connectivity index (χ0n) is 18.3. The zero-order chi connectivity index (χ0) is 20.3. The van der Waals surface area contributed by atoms with Gasteiger partial charge in [-0.1, -0.05) is 81.0 Å². The Hall–Kier alpha value is -2.26. The van der Waals surface area contributed by atoms with Crippen LogP contribution in [0.5, 0.6) is 0 Å². The molecule has 1 fully saturated rings. The minimum absolute atomic E-state index is 0.691. The van der Waals surface area contributed by atoms with E-state index in [1.54, 1.807) is 0 Å². The molecule has 1 aliphatic carbocycles. The van der Waals surface area contributed by atoms with Gasteiger partial charge in [-0.2, -0.15) is 0 Å². The van der Waals surface area contributed by atoms with Crippen molar-refractivity contribution in [2.24, 2.45) is 5.92 Å². The van der Waals surface area contributed by atoms with E-state index in [0.717, 1.165) is 11.5 Å². The highest BCUT2D eigenvalue weighted by Gasteiger charge is 2.20. The Morgan fingerprint density at radius 2 is 1.45 bits per heavy atom. The van der Waals surface area contributed by atoms with Crippen molar-refractivity contribution in [3.63, 3.8) is 0 Å². The maximum atomic E-state index is 3.28. The van der Waals surface area contributed by atoms with Gasteiger partial charge in [-0.15, -0.1) is 0 Å². The highest BCUT2D eigenvalue weighted by Crippen LogP contribution is 2.36. The summed E-state index contributed by atoms with van der Waals surface area (Å²) in [5, 5.41) is 0. The molecule has 0 saturated heterocycles. The SMILES string of the molecule is CCCCc1ccc(C#CC=CC2CCC(c3ccc(CCC)cc3)CC2)cc1. The first-order valence-electron chi connectivity index (χ1n) is 11.6. The van der Waals surface area contributed by atoms with Crippen molar-refractivity contribution in [3.05, 3.63) is 82.9 Å². The number of benzene rings is 2. The van der Waals surface area contributed by atoms with Gasteiger partial charge < -0.3 is 0 Å². The number of hydrogen-bond acceptors (Lipinski definition) is 0. The lowest BCUT2D eigenvalue weighted by Gasteiger charge is -2.27. The molecule has 2 aromatic carbocycles. The summed E-state index contributed by atoms with van der Waals surface area (Å²) in [5.41, 5.74) is 5.55. The Bertz CT molecular complexity index is 803. The van der Waals surface area contributed by atoms with E-state index in [-0.39, 0.29) is 0 Å². The summed E-state index contributed by atoms with van der Waals surface area (Å²) in [6.45, 7) is 4.49. The van der Waals surface area contributed by atoms with Gasteiger partial charge in [0.05, 0.1) is 0 Å². The topological polar surface area (TPSA) is 0 Å². The van der Waals surface area contributed by atoms with E-state index in [2.05, 4.69) is 86.4 Å². The molecule has 0 amide bonds. The Labute approximate surface area is 178 Å². The van der Waals surface area contributed by atoms with Crippen molar-refractivity contribution in [2.45, 2.75) is 77.6 Å². The number of rotatable bonds is 7. The van der Waals surface area contributed by atoms with E-state index in [9.17, 15) is 0 Å². The number of allylic oxidation sites excluding steroid dienone is 2. The molecule has 29 heavy (non-hydrogen) atoms. The van der Waals surface area contributed by atoms with Crippen LogP contribution in [0.3, 0.4) is 0 Å². The molecule has 0 radical (unpaired) electrons. The second-order valence-electron chi connectivity index (χ2n) is 8.53. The first-order valence-corrected chi connectivity index (χ1v) is 11.6. The van der Waals surface area contributed by atoms with Crippen molar-refractivity contribution in [1.82, 2.24) is 0 Å². The number of unbranched alkanes of at least 4 members (excludes halogenated alkanes) is 1. The second-order valence-corrected chi connectivity index (χ2v) is 8.53. The van der Waals surface area contributed by atoms with Crippen LogP contribution >= 0.6 is 0 Å². The van der Waals surface area contributed by atoms with Gasteiger partial charge in [0.25, 0.3) is 0 Å². The lowest BCUT2D eigenvalue weighted by Crippen LogP contribution is -2.11. The van der Waals surface area contributed by atoms with Crippen LogP contribution in [0.25, 0.3) is 0 Å². The molecular weight excluding hydrogens is 348 g/mol. The van der Waals surface area contributed by atoms with Crippen LogP contribution in [-0.4, -0.2) is 0 Å². The Kier molecular flexibility index (Phi) is 8.63. The normalized spacial score (nSPS) is 19.1. The van der Waals surface area contributed by atoms with E-state index in [1.807, 2.05) is 0 Å². The Morgan fingerprint density at radius 3 is 2.10 bits per heavy atom. The minimum atomic E-state index is 0.691. The van der Waals surface area contributed by atoms with Crippen molar-refractivity contribution in [2.75, 3.05) is 0 Å². The smallest absolute Gasteiger partial charge is 0.0249 e. The summed E-state index contributed by atoms with van der Waals surface area (Å²) in [7, 11) is 0. The third kappa shape index (κ3) is 6.93. The summed E-state index contributed by atoms with van der Waals surface area (Å²) in [6.07, 6.45) is 15.7. The molecular formula is C29H36.